The Hall–Kier alpha value is -2.01. The number of piperazine rings is 1. The average molecular weight is 507 g/mol. The number of benzene rings is 1. The second kappa shape index (κ2) is 10.9. The lowest BCUT2D eigenvalue weighted by Crippen LogP contribution is -2.70. The van der Waals surface area contributed by atoms with E-state index in [2.05, 4.69) is 10.2 Å². The maximum Gasteiger partial charge on any atom is 0.335 e. The van der Waals surface area contributed by atoms with E-state index in [1.807, 2.05) is 0 Å². The summed E-state index contributed by atoms with van der Waals surface area (Å²) < 4.78 is 28.2. The molecule has 1 amide bonds. The van der Waals surface area contributed by atoms with Gasteiger partial charge in [0.2, 0.25) is 15.6 Å². The number of amides is 1. The minimum absolute atomic E-state index is 0.00698. The lowest BCUT2D eigenvalue weighted by Gasteiger charge is -2.47. The minimum atomic E-state index is -4.21. The van der Waals surface area contributed by atoms with E-state index >= 15 is 0 Å². The Kier molecular flexibility index (Phi) is 8.15. The predicted molar refractivity (Wildman–Crippen MR) is 132 cm³/mol. The van der Waals surface area contributed by atoms with Crippen LogP contribution < -0.4 is 5.32 Å². The van der Waals surface area contributed by atoms with Crippen molar-refractivity contribution >= 4 is 21.9 Å². The predicted octanol–water partition coefficient (Wildman–Crippen LogP) is 1.61. The molecule has 35 heavy (non-hydrogen) atoms. The third kappa shape index (κ3) is 4.98. The van der Waals surface area contributed by atoms with Gasteiger partial charge >= 0.3 is 5.97 Å². The van der Waals surface area contributed by atoms with Crippen molar-refractivity contribution in [1.82, 2.24) is 19.4 Å². The van der Waals surface area contributed by atoms with Crippen LogP contribution in [0.2, 0.25) is 0 Å². The second-order valence-corrected chi connectivity index (χ2v) is 12.0. The molecule has 194 valence electrons. The number of nitrogens with one attached hydrogen (secondary N) is 1. The van der Waals surface area contributed by atoms with Gasteiger partial charge in [-0.1, -0.05) is 37.5 Å². The zero-order valence-electron chi connectivity index (χ0n) is 20.6. The lowest BCUT2D eigenvalue weighted by atomic mass is 9.73. The van der Waals surface area contributed by atoms with Gasteiger partial charge in [-0.15, -0.1) is 0 Å². The van der Waals surface area contributed by atoms with E-state index in [9.17, 15) is 23.1 Å². The summed E-state index contributed by atoms with van der Waals surface area (Å²) in [6.45, 7) is 4.12. The van der Waals surface area contributed by atoms with Crippen molar-refractivity contribution in [1.29, 1.82) is 0 Å². The van der Waals surface area contributed by atoms with Crippen LogP contribution in [0.1, 0.15) is 44.9 Å². The number of carbonyl (C=O) groups is 2. The zero-order valence-corrected chi connectivity index (χ0v) is 21.4. The van der Waals surface area contributed by atoms with Gasteiger partial charge in [-0.25, -0.2) is 13.2 Å². The first kappa shape index (κ1) is 26.1. The van der Waals surface area contributed by atoms with Crippen LogP contribution in [0.25, 0.3) is 0 Å². The standard InChI is InChI=1S/C25H38N4O5S/c1-27(35(33,34)22-10-6-3-7-11-22)25(24(31)32,20-8-4-2-5-9-20)23(30)29-18-16-28(17-19-29)21-12-14-26-15-13-21/h3,6-7,10-11,20-21,26H,2,4-5,8-9,12-19H2,1H3,(H,31,32). The summed E-state index contributed by atoms with van der Waals surface area (Å²) in [5.74, 6) is -2.55. The fourth-order valence-electron chi connectivity index (χ4n) is 6.13. The SMILES string of the molecule is CN(C(C(=O)O)(C(=O)N1CCN(C2CCNCC2)CC1)C1CCCCC1)S(=O)(=O)c1ccccc1. The molecule has 1 aromatic carbocycles. The van der Waals surface area contributed by atoms with Crippen molar-refractivity contribution in [3.05, 3.63) is 30.3 Å². The summed E-state index contributed by atoms with van der Waals surface area (Å²) >= 11 is 0. The molecule has 0 bridgehead atoms. The number of nitrogens with zero attached hydrogens (tertiary/aromatic N) is 3. The van der Waals surface area contributed by atoms with Gasteiger partial charge in [0, 0.05) is 39.3 Å². The zero-order chi connectivity index (χ0) is 25.1. The Morgan fingerprint density at radius 2 is 1.57 bits per heavy atom. The van der Waals surface area contributed by atoms with Gasteiger partial charge in [-0.3, -0.25) is 9.69 Å². The van der Waals surface area contributed by atoms with Crippen LogP contribution in [-0.4, -0.2) is 97.4 Å². The largest absolute Gasteiger partial charge is 0.479 e. The van der Waals surface area contributed by atoms with Gasteiger partial charge in [0.1, 0.15) is 0 Å². The van der Waals surface area contributed by atoms with E-state index in [1.54, 1.807) is 23.1 Å². The molecule has 0 radical (unpaired) electrons. The number of aliphatic carboxylic acids is 1. The van der Waals surface area contributed by atoms with E-state index in [1.165, 1.54) is 19.2 Å². The molecular formula is C25H38N4O5S. The van der Waals surface area contributed by atoms with E-state index in [0.29, 0.717) is 45.1 Å². The van der Waals surface area contributed by atoms with Crippen LogP contribution in [-0.2, 0) is 19.6 Å². The second-order valence-electron chi connectivity index (χ2n) is 10.0. The smallest absolute Gasteiger partial charge is 0.335 e. The number of likely N-dealkylation sites (N-methyl/N-ethyl adjacent to an activating group) is 1. The quantitative estimate of drug-likeness (QED) is 0.541. The van der Waals surface area contributed by atoms with E-state index in [4.69, 9.17) is 0 Å². The van der Waals surface area contributed by atoms with Crippen LogP contribution in [0, 0.1) is 5.92 Å². The first-order valence-corrected chi connectivity index (χ1v) is 14.2. The highest BCUT2D eigenvalue weighted by molar-refractivity contribution is 7.89. The molecule has 0 aromatic heterocycles. The number of carboxylic acid groups (broad SMARTS) is 1. The Morgan fingerprint density at radius 1 is 0.971 bits per heavy atom. The molecule has 2 aliphatic heterocycles. The molecule has 4 rings (SSSR count). The Bertz CT molecular complexity index is 984. The molecule has 3 fully saturated rings. The Balaban J connectivity index is 1.65. The van der Waals surface area contributed by atoms with Gasteiger partial charge in [0.05, 0.1) is 4.90 Å². The molecule has 1 unspecified atom stereocenters. The number of carbonyl (C=O) groups excluding carboxylic acids is 1. The van der Waals surface area contributed by atoms with Gasteiger partial charge in [-0.2, -0.15) is 4.31 Å². The Labute approximate surface area is 208 Å². The third-order valence-corrected chi connectivity index (χ3v) is 10.0. The molecule has 3 aliphatic rings. The van der Waals surface area contributed by atoms with E-state index in [0.717, 1.165) is 49.5 Å². The van der Waals surface area contributed by atoms with Crippen LogP contribution in [0.4, 0.5) is 0 Å². The van der Waals surface area contributed by atoms with Crippen molar-refractivity contribution in [2.24, 2.45) is 5.92 Å². The topological polar surface area (TPSA) is 110 Å². The number of hydrogen-bond donors (Lipinski definition) is 2. The van der Waals surface area contributed by atoms with E-state index < -0.39 is 33.4 Å². The molecule has 2 N–H and O–H groups in total. The molecule has 9 nitrogen and oxygen atoms in total. The Morgan fingerprint density at radius 3 is 2.14 bits per heavy atom. The van der Waals surface area contributed by atoms with Gasteiger partial charge in [0.25, 0.3) is 5.91 Å². The summed E-state index contributed by atoms with van der Waals surface area (Å²) in [5.41, 5.74) is -2.16. The molecule has 10 heteroatoms. The van der Waals surface area contributed by atoms with Gasteiger partial charge in [-0.05, 0) is 56.8 Å². The summed E-state index contributed by atoms with van der Waals surface area (Å²) in [7, 11) is -2.94. The number of rotatable bonds is 7. The van der Waals surface area contributed by atoms with Crippen LogP contribution in [0.15, 0.2) is 35.2 Å². The highest BCUT2D eigenvalue weighted by Crippen LogP contribution is 2.40. The summed E-state index contributed by atoms with van der Waals surface area (Å²) in [5, 5.41) is 14.0. The van der Waals surface area contributed by atoms with Gasteiger partial charge < -0.3 is 15.3 Å². The minimum Gasteiger partial charge on any atom is -0.479 e. The lowest BCUT2D eigenvalue weighted by molar-refractivity contribution is -0.165. The fourth-order valence-corrected chi connectivity index (χ4v) is 7.63. The first-order chi connectivity index (χ1) is 16.8. The van der Waals surface area contributed by atoms with Crippen molar-refractivity contribution in [2.75, 3.05) is 46.3 Å². The maximum absolute atomic E-state index is 14.2. The average Bonchev–Trinajstić information content (AvgIpc) is 2.90. The number of hydrogen-bond acceptors (Lipinski definition) is 6. The van der Waals surface area contributed by atoms with Crippen molar-refractivity contribution in [2.45, 2.75) is 61.4 Å². The van der Waals surface area contributed by atoms with E-state index in [-0.39, 0.29) is 4.90 Å². The van der Waals surface area contributed by atoms with Crippen molar-refractivity contribution in [3.63, 3.8) is 0 Å². The molecule has 2 saturated heterocycles. The molecular weight excluding hydrogens is 468 g/mol. The van der Waals surface area contributed by atoms with Crippen LogP contribution in [0.3, 0.4) is 0 Å². The first-order valence-electron chi connectivity index (χ1n) is 12.8. The highest BCUT2D eigenvalue weighted by Gasteiger charge is 2.60. The molecule has 1 aromatic rings. The van der Waals surface area contributed by atoms with Crippen molar-refractivity contribution in [3.8, 4) is 0 Å². The highest BCUT2D eigenvalue weighted by atomic mass is 32.2. The molecule has 1 atom stereocenters. The third-order valence-electron chi connectivity index (χ3n) is 8.17. The molecule has 0 spiro atoms. The summed E-state index contributed by atoms with van der Waals surface area (Å²) in [6.07, 6.45) is 5.69. The molecule has 1 saturated carbocycles. The maximum atomic E-state index is 14.2. The van der Waals surface area contributed by atoms with Crippen molar-refractivity contribution < 1.29 is 23.1 Å². The van der Waals surface area contributed by atoms with Crippen LogP contribution >= 0.6 is 0 Å². The number of piperidine rings is 1. The molecule has 1 aliphatic carbocycles. The normalized spacial score (nSPS) is 23.2. The summed E-state index contributed by atoms with van der Waals surface area (Å²) in [4.78, 5) is 31.2. The fraction of sp³-hybridized carbons (Fsp3) is 0.680. The van der Waals surface area contributed by atoms with Crippen LogP contribution in [0.5, 0.6) is 0 Å². The number of sulfonamides is 1. The molecule has 2 heterocycles. The monoisotopic (exact) mass is 506 g/mol. The summed E-state index contributed by atoms with van der Waals surface area (Å²) in [6, 6.07) is 8.27. The van der Waals surface area contributed by atoms with Gasteiger partial charge in [0.15, 0.2) is 0 Å². The number of carboxylic acids is 1.